The first kappa shape index (κ1) is 25.4. The molecule has 1 fully saturated rings. The number of nitrogens with zero attached hydrogens (tertiary/aromatic N) is 3. The van der Waals surface area contributed by atoms with Crippen LogP contribution in [-0.4, -0.2) is 46.1 Å². The number of nitrogens with one attached hydrogen (secondary N) is 3. The number of carbonyl (C=O) groups excluding carboxylic acids is 1. The van der Waals surface area contributed by atoms with Crippen molar-refractivity contribution in [1.29, 1.82) is 5.41 Å². The summed E-state index contributed by atoms with van der Waals surface area (Å²) in [6.45, 7) is 8.86. The number of ether oxygens (including phenoxy) is 1. The van der Waals surface area contributed by atoms with Gasteiger partial charge < -0.3 is 25.7 Å². The number of likely N-dealkylation sites (tertiary alicyclic amines) is 1. The smallest absolute Gasteiger partial charge is 0.246 e. The molecule has 2 aromatic carbocycles. The van der Waals surface area contributed by atoms with E-state index < -0.39 is 0 Å². The highest BCUT2D eigenvalue weighted by Gasteiger charge is 2.23. The van der Waals surface area contributed by atoms with Gasteiger partial charge in [-0.2, -0.15) is 0 Å². The van der Waals surface area contributed by atoms with Gasteiger partial charge in [-0.1, -0.05) is 38.6 Å². The standard InChI is InChI=1S/C25H26N6O2.C2H6/c1-2-23(32)31-14-6-7-19(16-31)30-25-22(15-26)24(27-17-28-25)29-18-10-12-21(13-11-18)33-20-8-4-3-5-9-20;1-2/h2-5,8-13,15,17,19,26H,1,6-7,14,16H2,(H2,27,28,29,30);1-2H3. The quantitative estimate of drug-likeness (QED) is 0.290. The fourth-order valence-corrected chi connectivity index (χ4v) is 3.73. The lowest BCUT2D eigenvalue weighted by molar-refractivity contribution is -0.127. The van der Waals surface area contributed by atoms with Crippen LogP contribution in [-0.2, 0) is 4.79 Å². The monoisotopic (exact) mass is 472 g/mol. The molecule has 3 N–H and O–H groups in total. The van der Waals surface area contributed by atoms with Crippen molar-refractivity contribution in [1.82, 2.24) is 14.9 Å². The molecule has 2 heterocycles. The third-order valence-corrected chi connectivity index (χ3v) is 5.37. The van der Waals surface area contributed by atoms with E-state index in [9.17, 15) is 4.79 Å². The molecule has 8 heteroatoms. The van der Waals surface area contributed by atoms with Gasteiger partial charge in [0.2, 0.25) is 5.91 Å². The van der Waals surface area contributed by atoms with E-state index in [0.717, 1.165) is 36.6 Å². The molecule has 1 aliphatic heterocycles. The zero-order chi connectivity index (χ0) is 25.0. The number of amides is 1. The maximum absolute atomic E-state index is 12.0. The minimum atomic E-state index is -0.0708. The van der Waals surface area contributed by atoms with Crippen molar-refractivity contribution >= 4 is 29.4 Å². The van der Waals surface area contributed by atoms with Gasteiger partial charge in [-0.15, -0.1) is 0 Å². The van der Waals surface area contributed by atoms with E-state index >= 15 is 0 Å². The summed E-state index contributed by atoms with van der Waals surface area (Å²) in [5.41, 5.74) is 1.36. The summed E-state index contributed by atoms with van der Waals surface area (Å²) >= 11 is 0. The molecule has 1 aliphatic rings. The lowest BCUT2D eigenvalue weighted by Gasteiger charge is -2.33. The molecule has 4 rings (SSSR count). The van der Waals surface area contributed by atoms with Crippen LogP contribution in [0.1, 0.15) is 32.3 Å². The van der Waals surface area contributed by atoms with Crippen molar-refractivity contribution in [2.45, 2.75) is 32.7 Å². The summed E-state index contributed by atoms with van der Waals surface area (Å²) in [5, 5.41) is 14.6. The number of anilines is 3. The number of aromatic nitrogens is 2. The van der Waals surface area contributed by atoms with E-state index in [1.165, 1.54) is 18.6 Å². The highest BCUT2D eigenvalue weighted by molar-refractivity contribution is 5.92. The molecule has 0 spiro atoms. The van der Waals surface area contributed by atoms with Crippen LogP contribution in [0.4, 0.5) is 17.3 Å². The van der Waals surface area contributed by atoms with Gasteiger partial charge >= 0.3 is 0 Å². The van der Waals surface area contributed by atoms with Gasteiger partial charge in [0, 0.05) is 31.0 Å². The lowest BCUT2D eigenvalue weighted by atomic mass is 10.1. The Bertz CT molecular complexity index is 1120. The van der Waals surface area contributed by atoms with E-state index in [2.05, 4.69) is 27.2 Å². The van der Waals surface area contributed by atoms with E-state index in [1.807, 2.05) is 68.4 Å². The highest BCUT2D eigenvalue weighted by Crippen LogP contribution is 2.27. The maximum Gasteiger partial charge on any atom is 0.246 e. The summed E-state index contributed by atoms with van der Waals surface area (Å²) in [7, 11) is 0. The first-order valence-corrected chi connectivity index (χ1v) is 11.8. The Morgan fingerprint density at radius 1 is 1.09 bits per heavy atom. The molecule has 0 bridgehead atoms. The Morgan fingerprint density at radius 2 is 1.77 bits per heavy atom. The summed E-state index contributed by atoms with van der Waals surface area (Å²) in [4.78, 5) is 22.4. The molecular formula is C27H32N6O2. The third kappa shape index (κ3) is 6.89. The van der Waals surface area contributed by atoms with Crippen molar-refractivity contribution < 1.29 is 9.53 Å². The predicted octanol–water partition coefficient (Wildman–Crippen LogP) is 5.63. The molecule has 0 saturated carbocycles. The average molecular weight is 473 g/mol. The minimum Gasteiger partial charge on any atom is -0.457 e. The van der Waals surface area contributed by atoms with Gasteiger partial charge in [0.25, 0.3) is 0 Å². The fourth-order valence-electron chi connectivity index (χ4n) is 3.73. The molecule has 1 aromatic heterocycles. The molecule has 35 heavy (non-hydrogen) atoms. The van der Waals surface area contributed by atoms with E-state index in [-0.39, 0.29) is 11.9 Å². The van der Waals surface area contributed by atoms with Crippen LogP contribution in [0.2, 0.25) is 0 Å². The zero-order valence-corrected chi connectivity index (χ0v) is 20.2. The number of hydrogen-bond acceptors (Lipinski definition) is 7. The first-order chi connectivity index (χ1) is 17.2. The first-order valence-electron chi connectivity index (χ1n) is 11.8. The topological polar surface area (TPSA) is 103 Å². The highest BCUT2D eigenvalue weighted by atomic mass is 16.5. The van der Waals surface area contributed by atoms with E-state index in [1.54, 1.807) is 4.90 Å². The maximum atomic E-state index is 12.0. The van der Waals surface area contributed by atoms with Crippen LogP contribution >= 0.6 is 0 Å². The second kappa shape index (κ2) is 12.9. The van der Waals surface area contributed by atoms with Crippen molar-refractivity contribution in [2.24, 2.45) is 0 Å². The Morgan fingerprint density at radius 3 is 2.46 bits per heavy atom. The Hall–Kier alpha value is -4.20. The van der Waals surface area contributed by atoms with Gasteiger partial charge in [0.05, 0.1) is 5.56 Å². The molecule has 0 aliphatic carbocycles. The normalized spacial score (nSPS) is 14.7. The number of benzene rings is 2. The summed E-state index contributed by atoms with van der Waals surface area (Å²) in [6, 6.07) is 17.1. The van der Waals surface area contributed by atoms with Gasteiger partial charge in [-0.3, -0.25) is 4.79 Å². The number of piperidine rings is 1. The van der Waals surface area contributed by atoms with Crippen LogP contribution < -0.4 is 15.4 Å². The Kier molecular flexibility index (Phi) is 9.36. The molecular weight excluding hydrogens is 440 g/mol. The number of carbonyl (C=O) groups is 1. The summed E-state index contributed by atoms with van der Waals surface area (Å²) in [6.07, 6.45) is 5.83. The van der Waals surface area contributed by atoms with Crippen LogP contribution in [0.25, 0.3) is 0 Å². The Labute approximate surface area is 206 Å². The van der Waals surface area contributed by atoms with Crippen molar-refractivity contribution in [2.75, 3.05) is 23.7 Å². The molecule has 0 radical (unpaired) electrons. The second-order valence-corrected chi connectivity index (χ2v) is 7.67. The molecule has 182 valence electrons. The van der Waals surface area contributed by atoms with Crippen molar-refractivity contribution in [3.63, 3.8) is 0 Å². The van der Waals surface area contributed by atoms with Crippen LogP contribution in [0.15, 0.2) is 73.6 Å². The largest absolute Gasteiger partial charge is 0.457 e. The van der Waals surface area contributed by atoms with Crippen LogP contribution in [0.5, 0.6) is 11.5 Å². The van der Waals surface area contributed by atoms with E-state index in [4.69, 9.17) is 10.1 Å². The Balaban J connectivity index is 0.00000167. The lowest BCUT2D eigenvalue weighted by Crippen LogP contribution is -2.44. The van der Waals surface area contributed by atoms with Crippen LogP contribution in [0.3, 0.4) is 0 Å². The molecule has 1 saturated heterocycles. The predicted molar refractivity (Wildman–Crippen MR) is 141 cm³/mol. The molecule has 1 amide bonds. The number of hydrogen-bond donors (Lipinski definition) is 3. The summed E-state index contributed by atoms with van der Waals surface area (Å²) in [5.74, 6) is 2.50. The number of para-hydroxylation sites is 1. The fraction of sp³-hybridized carbons (Fsp3) is 0.259. The van der Waals surface area contributed by atoms with Crippen LogP contribution in [0, 0.1) is 5.41 Å². The van der Waals surface area contributed by atoms with Gasteiger partial charge in [0.15, 0.2) is 0 Å². The molecule has 8 nitrogen and oxygen atoms in total. The molecule has 1 unspecified atom stereocenters. The minimum absolute atomic E-state index is 0.0403. The van der Waals surface area contributed by atoms with Crippen molar-refractivity contribution in [3.8, 4) is 11.5 Å². The second-order valence-electron chi connectivity index (χ2n) is 7.67. The summed E-state index contributed by atoms with van der Waals surface area (Å²) < 4.78 is 5.83. The average Bonchev–Trinajstić information content (AvgIpc) is 2.91. The molecule has 3 aromatic rings. The molecule has 1 atom stereocenters. The van der Waals surface area contributed by atoms with Crippen molar-refractivity contribution in [3.05, 3.63) is 79.1 Å². The van der Waals surface area contributed by atoms with Gasteiger partial charge in [-0.25, -0.2) is 9.97 Å². The third-order valence-electron chi connectivity index (χ3n) is 5.37. The zero-order valence-electron chi connectivity index (χ0n) is 20.2. The van der Waals surface area contributed by atoms with E-state index in [0.29, 0.717) is 23.7 Å². The van der Waals surface area contributed by atoms with Gasteiger partial charge in [-0.05, 0) is 55.3 Å². The SMILES string of the molecule is C=CC(=O)N1CCCC(Nc2ncnc(Nc3ccc(Oc4ccccc4)cc3)c2C=N)C1.CC. The number of rotatable bonds is 8. The van der Waals surface area contributed by atoms with Gasteiger partial charge in [0.1, 0.15) is 29.5 Å².